The molecular weight excluding hydrogens is 269 g/mol. The van der Waals surface area contributed by atoms with E-state index in [0.29, 0.717) is 12.0 Å². The van der Waals surface area contributed by atoms with E-state index in [0.717, 1.165) is 12.5 Å². The van der Waals surface area contributed by atoms with Crippen LogP contribution in [0.5, 0.6) is 0 Å². The number of hydrogen-bond donors (Lipinski definition) is 2. The van der Waals surface area contributed by atoms with Crippen molar-refractivity contribution in [2.75, 3.05) is 13.2 Å². The molecule has 0 fully saturated rings. The molecular formula is C13H20FNO3S. The molecule has 1 rings (SSSR count). The van der Waals surface area contributed by atoms with Gasteiger partial charge in [0, 0.05) is 13.2 Å². The Hall–Kier alpha value is -0.980. The van der Waals surface area contributed by atoms with Gasteiger partial charge in [-0.05, 0) is 43.4 Å². The summed E-state index contributed by atoms with van der Waals surface area (Å²) in [5.41, 5.74) is 0.512. The number of aliphatic hydroxyl groups excluding tert-OH is 1. The van der Waals surface area contributed by atoms with Gasteiger partial charge in [0.25, 0.3) is 0 Å². The van der Waals surface area contributed by atoms with Gasteiger partial charge < -0.3 is 5.11 Å². The molecule has 19 heavy (non-hydrogen) atoms. The van der Waals surface area contributed by atoms with Crippen LogP contribution in [0.15, 0.2) is 23.1 Å². The first-order chi connectivity index (χ1) is 8.86. The minimum Gasteiger partial charge on any atom is -0.396 e. The maximum absolute atomic E-state index is 13.1. The largest absolute Gasteiger partial charge is 0.396 e. The molecule has 0 saturated heterocycles. The monoisotopic (exact) mass is 289 g/mol. The fourth-order valence-electron chi connectivity index (χ4n) is 1.69. The molecule has 0 aliphatic carbocycles. The van der Waals surface area contributed by atoms with E-state index in [1.165, 1.54) is 12.1 Å². The van der Waals surface area contributed by atoms with Crippen molar-refractivity contribution in [1.29, 1.82) is 0 Å². The average molecular weight is 289 g/mol. The number of aliphatic hydroxyl groups is 1. The van der Waals surface area contributed by atoms with E-state index in [2.05, 4.69) is 4.72 Å². The summed E-state index contributed by atoms with van der Waals surface area (Å²) in [6.45, 7) is 3.89. The highest BCUT2D eigenvalue weighted by Crippen LogP contribution is 2.16. The molecule has 1 unspecified atom stereocenters. The van der Waals surface area contributed by atoms with Gasteiger partial charge in [-0.3, -0.25) is 0 Å². The van der Waals surface area contributed by atoms with Crippen LogP contribution >= 0.6 is 0 Å². The highest BCUT2D eigenvalue weighted by molar-refractivity contribution is 7.89. The van der Waals surface area contributed by atoms with Crippen molar-refractivity contribution in [3.05, 3.63) is 29.6 Å². The molecule has 108 valence electrons. The number of sulfonamides is 1. The predicted octanol–water partition coefficient (Wildman–Crippen LogP) is 1.82. The molecule has 6 heteroatoms. The lowest BCUT2D eigenvalue weighted by atomic mass is 10.1. The minimum atomic E-state index is -3.67. The number of aryl methyl sites for hydroxylation is 1. The maximum atomic E-state index is 13.1. The third-order valence-electron chi connectivity index (χ3n) is 2.92. The van der Waals surface area contributed by atoms with Gasteiger partial charge in [0.15, 0.2) is 0 Å². The summed E-state index contributed by atoms with van der Waals surface area (Å²) < 4.78 is 39.5. The summed E-state index contributed by atoms with van der Waals surface area (Å²) >= 11 is 0. The van der Waals surface area contributed by atoms with Gasteiger partial charge in [-0.15, -0.1) is 0 Å². The van der Waals surface area contributed by atoms with Crippen molar-refractivity contribution >= 4 is 10.0 Å². The van der Waals surface area contributed by atoms with Gasteiger partial charge in [0.1, 0.15) is 5.82 Å². The standard InChI is InChI=1S/C13H20FNO3S/c1-10(9-16)4-3-7-15-19(17,18)13-8-12(14)6-5-11(13)2/h5-6,8,10,15-16H,3-4,7,9H2,1-2H3. The Morgan fingerprint density at radius 3 is 2.74 bits per heavy atom. The topological polar surface area (TPSA) is 66.4 Å². The van der Waals surface area contributed by atoms with E-state index >= 15 is 0 Å². The van der Waals surface area contributed by atoms with Gasteiger partial charge in [0.2, 0.25) is 10.0 Å². The smallest absolute Gasteiger partial charge is 0.240 e. The first kappa shape index (κ1) is 16.1. The Balaban J connectivity index is 2.64. The second-order valence-corrected chi connectivity index (χ2v) is 6.47. The summed E-state index contributed by atoms with van der Waals surface area (Å²) in [7, 11) is -3.67. The molecule has 0 radical (unpaired) electrons. The third kappa shape index (κ3) is 4.89. The van der Waals surface area contributed by atoms with Gasteiger partial charge in [-0.1, -0.05) is 13.0 Å². The number of halogens is 1. The zero-order valence-corrected chi connectivity index (χ0v) is 12.0. The van der Waals surface area contributed by atoms with Gasteiger partial charge >= 0.3 is 0 Å². The normalized spacial score (nSPS) is 13.5. The molecule has 1 aromatic rings. The van der Waals surface area contributed by atoms with Gasteiger partial charge in [-0.2, -0.15) is 0 Å². The zero-order chi connectivity index (χ0) is 14.5. The van der Waals surface area contributed by atoms with Crippen LogP contribution in [0.1, 0.15) is 25.3 Å². The van der Waals surface area contributed by atoms with E-state index in [1.54, 1.807) is 6.92 Å². The summed E-state index contributed by atoms with van der Waals surface area (Å²) in [5.74, 6) is -0.416. The second-order valence-electron chi connectivity index (χ2n) is 4.74. The first-order valence-electron chi connectivity index (χ1n) is 6.23. The molecule has 0 aliphatic heterocycles. The summed E-state index contributed by atoms with van der Waals surface area (Å²) in [4.78, 5) is -0.0253. The van der Waals surface area contributed by atoms with Gasteiger partial charge in [-0.25, -0.2) is 17.5 Å². The van der Waals surface area contributed by atoms with E-state index in [4.69, 9.17) is 5.11 Å². The van der Waals surface area contributed by atoms with Crippen LogP contribution in [-0.2, 0) is 10.0 Å². The lowest BCUT2D eigenvalue weighted by molar-refractivity contribution is 0.228. The summed E-state index contributed by atoms with van der Waals surface area (Å²) in [6.07, 6.45) is 1.37. The third-order valence-corrected chi connectivity index (χ3v) is 4.52. The zero-order valence-electron chi connectivity index (χ0n) is 11.2. The molecule has 0 saturated carbocycles. The molecule has 0 aromatic heterocycles. The van der Waals surface area contributed by atoms with E-state index in [-0.39, 0.29) is 24.0 Å². The number of rotatable bonds is 7. The van der Waals surface area contributed by atoms with E-state index in [1.807, 2.05) is 6.92 Å². The highest BCUT2D eigenvalue weighted by Gasteiger charge is 2.17. The van der Waals surface area contributed by atoms with Crippen LogP contribution in [-0.4, -0.2) is 26.7 Å². The van der Waals surface area contributed by atoms with Crippen molar-refractivity contribution < 1.29 is 17.9 Å². The lowest BCUT2D eigenvalue weighted by Gasteiger charge is -2.10. The summed E-state index contributed by atoms with van der Waals surface area (Å²) in [6, 6.07) is 3.70. The number of nitrogens with one attached hydrogen (secondary N) is 1. The van der Waals surface area contributed by atoms with Crippen LogP contribution in [0.3, 0.4) is 0 Å². The van der Waals surface area contributed by atoms with Crippen LogP contribution in [0.25, 0.3) is 0 Å². The quantitative estimate of drug-likeness (QED) is 0.752. The Bertz CT molecular complexity index is 517. The highest BCUT2D eigenvalue weighted by atomic mass is 32.2. The molecule has 1 atom stereocenters. The molecule has 4 nitrogen and oxygen atoms in total. The van der Waals surface area contributed by atoms with E-state index in [9.17, 15) is 12.8 Å². The maximum Gasteiger partial charge on any atom is 0.240 e. The van der Waals surface area contributed by atoms with Crippen molar-refractivity contribution in [1.82, 2.24) is 4.72 Å². The van der Waals surface area contributed by atoms with Gasteiger partial charge in [0.05, 0.1) is 4.90 Å². The van der Waals surface area contributed by atoms with Crippen molar-refractivity contribution in [2.45, 2.75) is 31.6 Å². The van der Waals surface area contributed by atoms with Crippen molar-refractivity contribution in [2.24, 2.45) is 5.92 Å². The molecule has 0 aliphatic rings. The molecule has 0 amide bonds. The minimum absolute atomic E-state index is 0.0253. The Labute approximate surface area is 113 Å². The Morgan fingerprint density at radius 1 is 1.42 bits per heavy atom. The number of hydrogen-bond acceptors (Lipinski definition) is 3. The first-order valence-corrected chi connectivity index (χ1v) is 7.72. The van der Waals surface area contributed by atoms with Crippen LogP contribution in [0.2, 0.25) is 0 Å². The van der Waals surface area contributed by atoms with Crippen LogP contribution in [0.4, 0.5) is 4.39 Å². The average Bonchev–Trinajstić information content (AvgIpc) is 2.37. The second kappa shape index (κ2) is 6.98. The molecule has 1 aromatic carbocycles. The molecule has 0 heterocycles. The Kier molecular flexibility index (Phi) is 5.90. The van der Waals surface area contributed by atoms with Crippen LogP contribution < -0.4 is 4.72 Å². The number of benzene rings is 1. The molecule has 0 spiro atoms. The van der Waals surface area contributed by atoms with Crippen molar-refractivity contribution in [3.63, 3.8) is 0 Å². The Morgan fingerprint density at radius 2 is 2.11 bits per heavy atom. The van der Waals surface area contributed by atoms with Crippen LogP contribution in [0, 0.1) is 18.7 Å². The molecule has 2 N–H and O–H groups in total. The fourth-order valence-corrected chi connectivity index (χ4v) is 3.02. The van der Waals surface area contributed by atoms with E-state index < -0.39 is 15.8 Å². The van der Waals surface area contributed by atoms with Crippen molar-refractivity contribution in [3.8, 4) is 0 Å². The lowest BCUT2D eigenvalue weighted by Crippen LogP contribution is -2.26. The summed E-state index contributed by atoms with van der Waals surface area (Å²) in [5, 5.41) is 8.86. The SMILES string of the molecule is Cc1ccc(F)cc1S(=O)(=O)NCCCC(C)CO. The fraction of sp³-hybridized carbons (Fsp3) is 0.538. The predicted molar refractivity (Wildman–Crippen MR) is 71.8 cm³/mol. The molecule has 0 bridgehead atoms.